The third-order valence-electron chi connectivity index (χ3n) is 5.69. The summed E-state index contributed by atoms with van der Waals surface area (Å²) in [4.78, 5) is 17.0. The SMILES string of the molecule is C=Cc1cc(CC(C(=O)OC)n2cccc2)ccc1OCCc1nc(-c2ccccc2)oc1C. The Balaban J connectivity index is 1.42. The van der Waals surface area contributed by atoms with E-state index in [0.717, 1.165) is 33.9 Å². The fourth-order valence-electron chi connectivity index (χ4n) is 3.86. The molecule has 4 rings (SSSR count). The van der Waals surface area contributed by atoms with Gasteiger partial charge < -0.3 is 18.5 Å². The first-order valence-corrected chi connectivity index (χ1v) is 11.2. The van der Waals surface area contributed by atoms with Crippen molar-refractivity contribution in [2.75, 3.05) is 13.7 Å². The highest BCUT2D eigenvalue weighted by atomic mass is 16.5. The lowest BCUT2D eigenvalue weighted by Gasteiger charge is -2.18. The van der Waals surface area contributed by atoms with Crippen molar-refractivity contribution in [2.24, 2.45) is 0 Å². The summed E-state index contributed by atoms with van der Waals surface area (Å²) >= 11 is 0. The van der Waals surface area contributed by atoms with Gasteiger partial charge in [-0.05, 0) is 48.9 Å². The predicted molar refractivity (Wildman–Crippen MR) is 132 cm³/mol. The highest BCUT2D eigenvalue weighted by Crippen LogP contribution is 2.26. The van der Waals surface area contributed by atoms with E-state index in [4.69, 9.17) is 13.9 Å². The number of methoxy groups -OCH3 is 1. The van der Waals surface area contributed by atoms with Gasteiger partial charge in [0.25, 0.3) is 0 Å². The summed E-state index contributed by atoms with van der Waals surface area (Å²) in [6.45, 7) is 6.30. The number of esters is 1. The Morgan fingerprint density at radius 1 is 1.15 bits per heavy atom. The number of ether oxygens (including phenoxy) is 2. The molecule has 6 heteroatoms. The van der Waals surface area contributed by atoms with Crippen molar-refractivity contribution in [3.8, 4) is 17.2 Å². The van der Waals surface area contributed by atoms with Gasteiger partial charge in [0.2, 0.25) is 5.89 Å². The summed E-state index contributed by atoms with van der Waals surface area (Å²) in [5.41, 5.74) is 3.69. The molecular formula is C28H28N2O4. The van der Waals surface area contributed by atoms with Crippen LogP contribution in [0.4, 0.5) is 0 Å². The maximum absolute atomic E-state index is 12.3. The molecule has 2 aromatic heterocycles. The van der Waals surface area contributed by atoms with E-state index in [0.29, 0.717) is 25.3 Å². The van der Waals surface area contributed by atoms with Crippen molar-refractivity contribution in [2.45, 2.75) is 25.8 Å². The number of aromatic nitrogens is 2. The predicted octanol–water partition coefficient (Wildman–Crippen LogP) is 5.67. The number of oxazole rings is 1. The van der Waals surface area contributed by atoms with Crippen molar-refractivity contribution >= 4 is 12.0 Å². The second-order valence-corrected chi connectivity index (χ2v) is 7.94. The van der Waals surface area contributed by atoms with Gasteiger partial charge in [0.15, 0.2) is 0 Å². The smallest absolute Gasteiger partial charge is 0.329 e. The van der Waals surface area contributed by atoms with E-state index in [1.165, 1.54) is 7.11 Å². The first-order valence-electron chi connectivity index (χ1n) is 11.2. The molecule has 0 saturated heterocycles. The topological polar surface area (TPSA) is 66.5 Å². The number of carbonyl (C=O) groups is 1. The van der Waals surface area contributed by atoms with E-state index < -0.39 is 6.04 Å². The quantitative estimate of drug-likeness (QED) is 0.288. The number of hydrogen-bond acceptors (Lipinski definition) is 5. The van der Waals surface area contributed by atoms with E-state index in [1.807, 2.05) is 84.5 Å². The highest BCUT2D eigenvalue weighted by Gasteiger charge is 2.21. The summed E-state index contributed by atoms with van der Waals surface area (Å²) in [6.07, 6.45) is 6.61. The second-order valence-electron chi connectivity index (χ2n) is 7.94. The molecule has 0 bridgehead atoms. The van der Waals surface area contributed by atoms with Crippen molar-refractivity contribution in [1.82, 2.24) is 9.55 Å². The molecular weight excluding hydrogens is 428 g/mol. The maximum Gasteiger partial charge on any atom is 0.329 e. The molecule has 0 spiro atoms. The number of carbonyl (C=O) groups excluding carboxylic acids is 1. The Hall–Kier alpha value is -4.06. The lowest BCUT2D eigenvalue weighted by Crippen LogP contribution is -2.22. The van der Waals surface area contributed by atoms with Gasteiger partial charge in [0.1, 0.15) is 17.6 Å². The molecule has 2 heterocycles. The van der Waals surface area contributed by atoms with Crippen LogP contribution in [0.5, 0.6) is 5.75 Å². The number of benzene rings is 2. The summed E-state index contributed by atoms with van der Waals surface area (Å²) < 4.78 is 18.8. The summed E-state index contributed by atoms with van der Waals surface area (Å²) in [5.74, 6) is 1.86. The third kappa shape index (κ3) is 5.29. The largest absolute Gasteiger partial charge is 0.493 e. The van der Waals surface area contributed by atoms with Crippen molar-refractivity contribution in [1.29, 1.82) is 0 Å². The molecule has 0 aliphatic rings. The van der Waals surface area contributed by atoms with E-state index in [-0.39, 0.29) is 5.97 Å². The lowest BCUT2D eigenvalue weighted by molar-refractivity contribution is -0.144. The van der Waals surface area contributed by atoms with E-state index >= 15 is 0 Å². The van der Waals surface area contributed by atoms with Crippen LogP contribution in [0.3, 0.4) is 0 Å². The fourth-order valence-corrected chi connectivity index (χ4v) is 3.86. The van der Waals surface area contributed by atoms with Crippen molar-refractivity contribution in [3.63, 3.8) is 0 Å². The zero-order valence-corrected chi connectivity index (χ0v) is 19.4. The zero-order valence-electron chi connectivity index (χ0n) is 19.4. The molecule has 0 radical (unpaired) electrons. The molecule has 0 fully saturated rings. The molecule has 0 aliphatic carbocycles. The first kappa shape index (κ1) is 23.1. The Morgan fingerprint density at radius 3 is 2.62 bits per heavy atom. The monoisotopic (exact) mass is 456 g/mol. The van der Waals surface area contributed by atoms with Gasteiger partial charge in [-0.15, -0.1) is 0 Å². The van der Waals surface area contributed by atoms with Gasteiger partial charge in [-0.25, -0.2) is 9.78 Å². The van der Waals surface area contributed by atoms with Crippen LogP contribution in [0.2, 0.25) is 0 Å². The van der Waals surface area contributed by atoms with Crippen LogP contribution in [0, 0.1) is 6.92 Å². The van der Waals surface area contributed by atoms with Gasteiger partial charge in [0.05, 0.1) is 19.4 Å². The minimum atomic E-state index is -0.432. The van der Waals surface area contributed by atoms with Crippen LogP contribution in [-0.4, -0.2) is 29.2 Å². The van der Waals surface area contributed by atoms with Crippen molar-refractivity contribution < 1.29 is 18.7 Å². The standard InChI is InChI=1S/C28H28N2O4/c1-4-22-18-21(19-25(28(31)32-3)30-15-8-9-16-30)12-13-26(22)33-17-14-24-20(2)34-27(29-24)23-10-6-5-7-11-23/h4-13,15-16,18,25H,1,14,17,19H2,2-3H3. The van der Waals surface area contributed by atoms with Crippen LogP contribution in [0.25, 0.3) is 17.5 Å². The van der Waals surface area contributed by atoms with Gasteiger partial charge in [-0.3, -0.25) is 0 Å². The molecule has 2 aromatic carbocycles. The van der Waals surface area contributed by atoms with Crippen molar-refractivity contribution in [3.05, 3.63) is 102 Å². The Labute approximate surface area is 199 Å². The number of nitrogens with zero attached hydrogens (tertiary/aromatic N) is 2. The van der Waals surface area contributed by atoms with Crippen LogP contribution < -0.4 is 4.74 Å². The van der Waals surface area contributed by atoms with E-state index in [2.05, 4.69) is 11.6 Å². The molecule has 0 aliphatic heterocycles. The van der Waals surface area contributed by atoms with E-state index in [1.54, 1.807) is 6.08 Å². The van der Waals surface area contributed by atoms with Crippen LogP contribution >= 0.6 is 0 Å². The lowest BCUT2D eigenvalue weighted by atomic mass is 10.0. The zero-order chi connectivity index (χ0) is 23.9. The maximum atomic E-state index is 12.3. The minimum absolute atomic E-state index is 0.283. The molecule has 34 heavy (non-hydrogen) atoms. The van der Waals surface area contributed by atoms with Gasteiger partial charge in [0, 0.05) is 36.4 Å². The molecule has 0 N–H and O–H groups in total. The van der Waals surface area contributed by atoms with Crippen LogP contribution in [-0.2, 0) is 22.4 Å². The van der Waals surface area contributed by atoms with Gasteiger partial charge in [-0.1, -0.05) is 36.9 Å². The third-order valence-corrected chi connectivity index (χ3v) is 5.69. The van der Waals surface area contributed by atoms with Gasteiger partial charge >= 0.3 is 5.97 Å². The molecule has 0 amide bonds. The summed E-state index contributed by atoms with van der Waals surface area (Å²) in [6, 6.07) is 19.1. The average molecular weight is 457 g/mol. The normalized spacial score (nSPS) is 11.7. The number of rotatable bonds is 10. The Bertz CT molecular complexity index is 1240. The molecule has 0 saturated carbocycles. The Morgan fingerprint density at radius 2 is 1.91 bits per heavy atom. The van der Waals surface area contributed by atoms with Gasteiger partial charge in [-0.2, -0.15) is 0 Å². The van der Waals surface area contributed by atoms with Crippen LogP contribution in [0.1, 0.15) is 28.6 Å². The number of aryl methyl sites for hydroxylation is 1. The second kappa shape index (κ2) is 10.7. The Kier molecular flexibility index (Phi) is 7.28. The van der Waals surface area contributed by atoms with Crippen LogP contribution in [0.15, 0.2) is 84.1 Å². The average Bonchev–Trinajstić information content (AvgIpc) is 3.53. The fraction of sp³-hybridized carbons (Fsp3) is 0.214. The minimum Gasteiger partial charge on any atom is -0.493 e. The first-order chi connectivity index (χ1) is 16.6. The molecule has 174 valence electrons. The summed E-state index contributed by atoms with van der Waals surface area (Å²) in [7, 11) is 1.41. The summed E-state index contributed by atoms with van der Waals surface area (Å²) in [5, 5.41) is 0. The van der Waals surface area contributed by atoms with E-state index in [9.17, 15) is 4.79 Å². The molecule has 1 atom stereocenters. The number of hydrogen-bond donors (Lipinski definition) is 0. The molecule has 1 unspecified atom stereocenters. The highest BCUT2D eigenvalue weighted by molar-refractivity contribution is 5.74. The molecule has 4 aromatic rings. The molecule has 6 nitrogen and oxygen atoms in total.